The second-order valence-corrected chi connectivity index (χ2v) is 7.16. The molecular formula is C21H16ClF3N6. The van der Waals surface area contributed by atoms with E-state index in [9.17, 15) is 13.2 Å². The standard InChI is InChI=1S/C21H16ClF3N6/c1-11-5-7-13-16(29-11)3-2-4-17(13)31-20-18(26)19(27-10-28-20)30-12-6-8-15(22)14(9-12)21(23,24)25/h2-10H,26H2,1H3,(H2,27,28,30,31). The molecule has 0 saturated heterocycles. The molecule has 0 fully saturated rings. The SMILES string of the molecule is Cc1ccc2c(Nc3ncnc(Nc4ccc(Cl)c(C(F)(F)F)c4)c3N)cccc2n1. The molecule has 4 rings (SSSR count). The molecule has 0 radical (unpaired) electrons. The minimum atomic E-state index is -4.58. The van der Waals surface area contributed by atoms with E-state index < -0.39 is 16.8 Å². The summed E-state index contributed by atoms with van der Waals surface area (Å²) in [4.78, 5) is 12.7. The maximum absolute atomic E-state index is 13.1. The van der Waals surface area contributed by atoms with E-state index in [-0.39, 0.29) is 17.2 Å². The molecule has 31 heavy (non-hydrogen) atoms. The lowest BCUT2D eigenvalue weighted by atomic mass is 10.1. The van der Waals surface area contributed by atoms with Crippen LogP contribution in [0.4, 0.5) is 41.9 Å². The largest absolute Gasteiger partial charge is 0.417 e. The van der Waals surface area contributed by atoms with Crippen LogP contribution in [0.2, 0.25) is 5.02 Å². The number of nitrogen functional groups attached to an aromatic ring is 1. The molecular weight excluding hydrogens is 429 g/mol. The second-order valence-electron chi connectivity index (χ2n) is 6.75. The first-order valence-electron chi connectivity index (χ1n) is 9.10. The quantitative estimate of drug-likeness (QED) is 0.354. The number of nitrogens with zero attached hydrogens (tertiary/aromatic N) is 3. The third-order valence-corrected chi connectivity index (χ3v) is 4.87. The molecule has 2 aromatic heterocycles. The first kappa shape index (κ1) is 20.7. The molecule has 0 aliphatic carbocycles. The molecule has 2 aromatic carbocycles. The summed E-state index contributed by atoms with van der Waals surface area (Å²) in [5.41, 5.74) is 7.93. The van der Waals surface area contributed by atoms with Gasteiger partial charge in [-0.25, -0.2) is 9.97 Å². The minimum absolute atomic E-state index is 0.137. The van der Waals surface area contributed by atoms with Crippen molar-refractivity contribution in [3.05, 3.63) is 71.1 Å². The van der Waals surface area contributed by atoms with Crippen LogP contribution in [0.1, 0.15) is 11.3 Å². The molecule has 4 N–H and O–H groups in total. The molecule has 2 heterocycles. The van der Waals surface area contributed by atoms with Gasteiger partial charge in [-0.05, 0) is 49.4 Å². The van der Waals surface area contributed by atoms with Gasteiger partial charge in [0.2, 0.25) is 0 Å². The predicted octanol–water partition coefficient (Wildman–Crippen LogP) is 6.07. The van der Waals surface area contributed by atoms with E-state index in [1.807, 2.05) is 37.3 Å². The van der Waals surface area contributed by atoms with Crippen molar-refractivity contribution in [3.8, 4) is 0 Å². The molecule has 6 nitrogen and oxygen atoms in total. The van der Waals surface area contributed by atoms with E-state index in [1.54, 1.807) is 0 Å². The fraction of sp³-hybridized carbons (Fsp3) is 0.0952. The Morgan fingerprint density at radius 2 is 1.71 bits per heavy atom. The smallest absolute Gasteiger partial charge is 0.393 e. The number of rotatable bonds is 4. The molecule has 4 aromatic rings. The van der Waals surface area contributed by atoms with Gasteiger partial charge in [-0.2, -0.15) is 13.2 Å². The molecule has 158 valence electrons. The summed E-state index contributed by atoms with van der Waals surface area (Å²) >= 11 is 5.67. The number of aromatic nitrogens is 3. The zero-order chi connectivity index (χ0) is 22.2. The number of hydrogen-bond acceptors (Lipinski definition) is 6. The molecule has 0 bridgehead atoms. The Labute approximate surface area is 180 Å². The van der Waals surface area contributed by atoms with Gasteiger partial charge in [-0.15, -0.1) is 0 Å². The number of aryl methyl sites for hydroxylation is 1. The number of nitrogens with two attached hydrogens (primary N) is 1. The van der Waals surface area contributed by atoms with Gasteiger partial charge < -0.3 is 16.4 Å². The highest BCUT2D eigenvalue weighted by Gasteiger charge is 2.33. The van der Waals surface area contributed by atoms with Crippen LogP contribution in [0.15, 0.2) is 54.9 Å². The number of anilines is 5. The molecule has 10 heteroatoms. The normalized spacial score (nSPS) is 11.5. The topological polar surface area (TPSA) is 88.8 Å². The van der Waals surface area contributed by atoms with E-state index in [4.69, 9.17) is 17.3 Å². The van der Waals surface area contributed by atoms with Gasteiger partial charge in [0.15, 0.2) is 11.6 Å². The van der Waals surface area contributed by atoms with Crippen LogP contribution in [0, 0.1) is 6.92 Å². The Kier molecular flexibility index (Phi) is 5.28. The maximum Gasteiger partial charge on any atom is 0.417 e. The lowest BCUT2D eigenvalue weighted by Crippen LogP contribution is -2.08. The Morgan fingerprint density at radius 3 is 2.45 bits per heavy atom. The van der Waals surface area contributed by atoms with Crippen LogP contribution in [0.25, 0.3) is 10.9 Å². The number of fused-ring (bicyclic) bond motifs is 1. The van der Waals surface area contributed by atoms with Gasteiger partial charge in [0.25, 0.3) is 0 Å². The van der Waals surface area contributed by atoms with Crippen LogP contribution < -0.4 is 16.4 Å². The van der Waals surface area contributed by atoms with E-state index >= 15 is 0 Å². The molecule has 0 atom stereocenters. The Balaban J connectivity index is 1.66. The van der Waals surface area contributed by atoms with Crippen LogP contribution in [0.5, 0.6) is 0 Å². The monoisotopic (exact) mass is 444 g/mol. The van der Waals surface area contributed by atoms with Gasteiger partial charge in [-0.3, -0.25) is 4.98 Å². The molecule has 0 saturated carbocycles. The second kappa shape index (κ2) is 7.92. The van der Waals surface area contributed by atoms with E-state index in [0.29, 0.717) is 5.82 Å². The molecule has 0 unspecified atom stereocenters. The highest BCUT2D eigenvalue weighted by molar-refractivity contribution is 6.31. The van der Waals surface area contributed by atoms with Crippen molar-refractivity contribution in [1.82, 2.24) is 15.0 Å². The van der Waals surface area contributed by atoms with Gasteiger partial charge in [0.05, 0.1) is 16.1 Å². The van der Waals surface area contributed by atoms with E-state index in [0.717, 1.165) is 34.4 Å². The van der Waals surface area contributed by atoms with Gasteiger partial charge in [-0.1, -0.05) is 17.7 Å². The number of benzene rings is 2. The number of hydrogen-bond donors (Lipinski definition) is 3. The zero-order valence-electron chi connectivity index (χ0n) is 16.1. The van der Waals surface area contributed by atoms with Crippen molar-refractivity contribution < 1.29 is 13.2 Å². The first-order valence-corrected chi connectivity index (χ1v) is 9.48. The molecule has 0 aliphatic heterocycles. The fourth-order valence-electron chi connectivity index (χ4n) is 3.05. The molecule has 0 spiro atoms. The zero-order valence-corrected chi connectivity index (χ0v) is 16.9. The Morgan fingerprint density at radius 1 is 0.968 bits per heavy atom. The van der Waals surface area contributed by atoms with Crippen LogP contribution in [-0.4, -0.2) is 15.0 Å². The molecule has 0 aliphatic rings. The van der Waals surface area contributed by atoms with Crippen molar-refractivity contribution in [1.29, 1.82) is 0 Å². The summed E-state index contributed by atoms with van der Waals surface area (Å²) in [6.07, 6.45) is -3.32. The van der Waals surface area contributed by atoms with Crippen molar-refractivity contribution in [2.45, 2.75) is 13.1 Å². The average Bonchev–Trinajstić information content (AvgIpc) is 2.71. The lowest BCUT2D eigenvalue weighted by molar-refractivity contribution is -0.137. The fourth-order valence-corrected chi connectivity index (χ4v) is 3.27. The predicted molar refractivity (Wildman–Crippen MR) is 116 cm³/mol. The average molecular weight is 445 g/mol. The summed E-state index contributed by atoms with van der Waals surface area (Å²) in [6.45, 7) is 1.90. The number of alkyl halides is 3. The van der Waals surface area contributed by atoms with Crippen molar-refractivity contribution in [2.24, 2.45) is 0 Å². The summed E-state index contributed by atoms with van der Waals surface area (Å²) in [6, 6.07) is 12.9. The maximum atomic E-state index is 13.1. The van der Waals surface area contributed by atoms with E-state index in [1.165, 1.54) is 12.4 Å². The lowest BCUT2D eigenvalue weighted by Gasteiger charge is -2.15. The van der Waals surface area contributed by atoms with Crippen molar-refractivity contribution >= 4 is 51.2 Å². The van der Waals surface area contributed by atoms with Crippen LogP contribution in [-0.2, 0) is 6.18 Å². The van der Waals surface area contributed by atoms with Gasteiger partial charge in [0, 0.05) is 22.5 Å². The van der Waals surface area contributed by atoms with E-state index in [2.05, 4.69) is 25.6 Å². The van der Waals surface area contributed by atoms with Crippen LogP contribution in [0.3, 0.4) is 0 Å². The highest BCUT2D eigenvalue weighted by Crippen LogP contribution is 2.37. The number of pyridine rings is 1. The number of halogens is 4. The third kappa shape index (κ3) is 4.31. The van der Waals surface area contributed by atoms with Crippen molar-refractivity contribution in [2.75, 3.05) is 16.4 Å². The number of nitrogens with one attached hydrogen (secondary N) is 2. The Hall–Kier alpha value is -3.59. The minimum Gasteiger partial charge on any atom is -0.393 e. The van der Waals surface area contributed by atoms with Gasteiger partial charge in [0.1, 0.15) is 12.0 Å². The van der Waals surface area contributed by atoms with Gasteiger partial charge >= 0.3 is 6.18 Å². The molecule has 0 amide bonds. The van der Waals surface area contributed by atoms with Crippen molar-refractivity contribution in [3.63, 3.8) is 0 Å². The van der Waals surface area contributed by atoms with Crippen LogP contribution >= 0.6 is 11.6 Å². The highest BCUT2D eigenvalue weighted by atomic mass is 35.5. The summed E-state index contributed by atoms with van der Waals surface area (Å²) in [5.74, 6) is 0.456. The first-order chi connectivity index (χ1) is 14.7. The summed E-state index contributed by atoms with van der Waals surface area (Å²) < 4.78 is 39.4. The summed E-state index contributed by atoms with van der Waals surface area (Å²) in [7, 11) is 0. The summed E-state index contributed by atoms with van der Waals surface area (Å²) in [5, 5.41) is 6.42. The third-order valence-electron chi connectivity index (χ3n) is 4.54. The Bertz CT molecular complexity index is 1280.